The summed E-state index contributed by atoms with van der Waals surface area (Å²) in [5.41, 5.74) is 7.30. The number of imide groups is 1. The molecular weight excluding hydrogens is 895 g/mol. The maximum Gasteiger partial charge on any atom is 0.355 e. The van der Waals surface area contributed by atoms with E-state index in [0.29, 0.717) is 83.2 Å². The Morgan fingerprint density at radius 2 is 1.77 bits per heavy atom. The topological polar surface area (TPSA) is 201 Å². The highest BCUT2D eigenvalue weighted by atomic mass is 32.1. The second kappa shape index (κ2) is 19.2. The highest BCUT2D eigenvalue weighted by molar-refractivity contribution is 7.22. The molecule has 6 heterocycles. The number of piperidine rings is 2. The fraction of sp³-hybridized carbons (Fsp3) is 0.308. The van der Waals surface area contributed by atoms with E-state index in [-0.39, 0.29) is 42.3 Å². The van der Waals surface area contributed by atoms with Gasteiger partial charge >= 0.3 is 5.97 Å². The number of fused-ring (bicyclic) bond motifs is 3. The number of anilines is 3. The number of aryl methyl sites for hydroxylation is 1. The van der Waals surface area contributed by atoms with E-state index >= 15 is 0 Å². The van der Waals surface area contributed by atoms with Gasteiger partial charge in [0, 0.05) is 55.3 Å². The zero-order valence-electron chi connectivity index (χ0n) is 38.3. The summed E-state index contributed by atoms with van der Waals surface area (Å²) in [7, 11) is 1.80. The van der Waals surface area contributed by atoms with Crippen LogP contribution in [0.1, 0.15) is 81.3 Å². The number of thiazole rings is 1. The second-order valence-corrected chi connectivity index (χ2v) is 19.1. The third kappa shape index (κ3) is 9.52. The number of para-hydroxylation sites is 1. The van der Waals surface area contributed by atoms with Crippen LogP contribution in [0.5, 0.6) is 5.75 Å². The van der Waals surface area contributed by atoms with Gasteiger partial charge in [0.1, 0.15) is 11.6 Å². The van der Waals surface area contributed by atoms with Crippen molar-refractivity contribution in [1.82, 2.24) is 30.0 Å². The van der Waals surface area contributed by atoms with Gasteiger partial charge in [-0.1, -0.05) is 47.7 Å². The van der Waals surface area contributed by atoms with Gasteiger partial charge in [-0.3, -0.25) is 39.4 Å². The van der Waals surface area contributed by atoms with Gasteiger partial charge < -0.3 is 20.1 Å². The molecular formula is C52H51N9O7S. The van der Waals surface area contributed by atoms with E-state index in [2.05, 4.69) is 30.9 Å². The second-order valence-electron chi connectivity index (χ2n) is 18.0. The van der Waals surface area contributed by atoms with Crippen molar-refractivity contribution in [3.8, 4) is 16.9 Å². The molecule has 0 aliphatic carbocycles. The molecule has 4 aromatic carbocycles. The molecule has 0 spiro atoms. The fourth-order valence-corrected chi connectivity index (χ4v) is 10.9. The van der Waals surface area contributed by atoms with Gasteiger partial charge in [0.25, 0.3) is 5.91 Å². The predicted octanol–water partition coefficient (Wildman–Crippen LogP) is 7.71. The van der Waals surface area contributed by atoms with Gasteiger partial charge in [0.05, 0.1) is 40.5 Å². The summed E-state index contributed by atoms with van der Waals surface area (Å²) >= 11 is 1.42. The van der Waals surface area contributed by atoms with E-state index in [9.17, 15) is 29.1 Å². The molecule has 69 heavy (non-hydrogen) atoms. The van der Waals surface area contributed by atoms with Gasteiger partial charge in [-0.2, -0.15) is 5.10 Å². The smallest absolute Gasteiger partial charge is 0.355 e. The summed E-state index contributed by atoms with van der Waals surface area (Å²) in [5, 5.41) is 24.9. The summed E-state index contributed by atoms with van der Waals surface area (Å²) in [6.07, 6.45) is 4.11. The average molecular weight is 946 g/mol. The molecule has 17 heteroatoms. The number of carboxylic acids is 1. The van der Waals surface area contributed by atoms with Crippen LogP contribution >= 0.6 is 11.3 Å². The van der Waals surface area contributed by atoms with Crippen molar-refractivity contribution in [2.75, 3.05) is 48.3 Å². The lowest BCUT2D eigenvalue weighted by atomic mass is 9.93. The molecule has 0 bridgehead atoms. The number of hydrogen-bond acceptors (Lipinski definition) is 12. The van der Waals surface area contributed by atoms with Crippen LogP contribution in [0.25, 0.3) is 32.2 Å². The molecule has 1 unspecified atom stereocenters. The number of nitrogens with one attached hydrogen (secondary N) is 3. The van der Waals surface area contributed by atoms with E-state index in [4.69, 9.17) is 9.72 Å². The Morgan fingerprint density at radius 3 is 2.61 bits per heavy atom. The average Bonchev–Trinajstić information content (AvgIpc) is 3.90. The Bertz CT molecular complexity index is 3150. The first kappa shape index (κ1) is 45.3. The Labute approximate surface area is 401 Å². The van der Waals surface area contributed by atoms with Crippen LogP contribution in [0.15, 0.2) is 91.0 Å². The number of rotatable bonds is 13. The number of ether oxygens (including phenoxy) is 1. The summed E-state index contributed by atoms with van der Waals surface area (Å²) in [4.78, 5) is 77.5. The predicted molar refractivity (Wildman–Crippen MR) is 264 cm³/mol. The van der Waals surface area contributed by atoms with Crippen LogP contribution in [0.3, 0.4) is 0 Å². The summed E-state index contributed by atoms with van der Waals surface area (Å²) in [5.74, 6) is -1.12. The van der Waals surface area contributed by atoms with E-state index < -0.39 is 11.9 Å². The highest BCUT2D eigenvalue weighted by Crippen LogP contribution is 2.36. The lowest BCUT2D eigenvalue weighted by Crippen LogP contribution is -2.40. The summed E-state index contributed by atoms with van der Waals surface area (Å²) in [6, 6.07) is 28.3. The monoisotopic (exact) mass is 945 g/mol. The van der Waals surface area contributed by atoms with Crippen molar-refractivity contribution in [3.63, 3.8) is 0 Å². The lowest BCUT2D eigenvalue weighted by molar-refractivity contribution is -0.134. The largest absolute Gasteiger partial charge is 0.493 e. The van der Waals surface area contributed by atoms with Crippen molar-refractivity contribution < 1.29 is 33.8 Å². The van der Waals surface area contributed by atoms with Gasteiger partial charge in [-0.15, -0.1) is 0 Å². The van der Waals surface area contributed by atoms with E-state index in [1.54, 1.807) is 11.7 Å². The number of aromatic carboxylic acids is 1. The number of hydrogen-bond donors (Lipinski definition) is 4. The van der Waals surface area contributed by atoms with E-state index in [1.807, 2.05) is 103 Å². The molecule has 0 saturated carbocycles. The zero-order valence-corrected chi connectivity index (χ0v) is 39.1. The number of amides is 4. The molecule has 2 atom stereocenters. The standard InChI is InChI=1S/C52H51N9O7S/c1-30-34(35-17-19-44(55-48(35)51(66)67)61-24-21-32-9-5-11-36(39(32)28-61)49(64)57-52-54-40-12-3-4-14-43(40)69-52)10-6-13-42(30)68-25-22-31-8-7-23-60(27-31)29-46(63)53-33-15-16-37-41(26-33)59(2)58-47(37)38-18-20-45(62)56-50(38)65/h3-6,9-17,19,26,31,38H,7-8,18,20-25,27-29H2,1-2H3,(H,53,63)(H,66,67)(H,54,57,64)(H,56,62,65)/t31-,38?/m0/s1. The molecule has 3 aliphatic heterocycles. The van der Waals surface area contributed by atoms with Crippen molar-refractivity contribution in [3.05, 3.63) is 125 Å². The SMILES string of the molecule is Cc1c(OCC[C@@H]2CCCN(CC(=O)Nc3ccc4c(C5CCC(=O)NC5=O)nn(C)c4c3)C2)cccc1-c1ccc(N2CCc3cccc(C(=O)Nc4nc5ccccc5s4)c3C2)nc1C(=O)O. The molecule has 2 saturated heterocycles. The normalized spacial score (nSPS) is 17.4. The van der Waals surface area contributed by atoms with E-state index in [0.717, 1.165) is 70.2 Å². The maximum absolute atomic E-state index is 13.6. The number of likely N-dealkylation sites (tertiary alicyclic amines) is 1. The quantitative estimate of drug-likeness (QED) is 0.0823. The number of carbonyl (C=O) groups is 5. The molecule has 352 valence electrons. The minimum absolute atomic E-state index is 0.0665. The number of carbonyl (C=O) groups excluding carboxylic acids is 4. The Kier molecular flexibility index (Phi) is 12.6. The molecule has 10 rings (SSSR count). The van der Waals surface area contributed by atoms with Gasteiger partial charge in [-0.05, 0) is 128 Å². The van der Waals surface area contributed by atoms with Crippen LogP contribution in [0, 0.1) is 12.8 Å². The van der Waals surface area contributed by atoms with Crippen LogP contribution in [0.2, 0.25) is 0 Å². The number of pyridine rings is 1. The Morgan fingerprint density at radius 1 is 0.913 bits per heavy atom. The van der Waals surface area contributed by atoms with Crippen LogP contribution in [0.4, 0.5) is 16.6 Å². The number of aromatic nitrogens is 4. The highest BCUT2D eigenvalue weighted by Gasteiger charge is 2.32. The number of carboxylic acid groups (broad SMARTS) is 1. The Hall–Kier alpha value is -7.50. The van der Waals surface area contributed by atoms with Crippen molar-refractivity contribution in [1.29, 1.82) is 0 Å². The molecule has 3 aromatic heterocycles. The van der Waals surface area contributed by atoms with E-state index in [1.165, 1.54) is 11.3 Å². The zero-order chi connectivity index (χ0) is 47.8. The minimum Gasteiger partial charge on any atom is -0.493 e. The van der Waals surface area contributed by atoms with Crippen molar-refractivity contribution in [2.24, 2.45) is 13.0 Å². The molecule has 2 fully saturated rings. The molecule has 3 aliphatic rings. The first-order valence-corrected chi connectivity index (χ1v) is 24.1. The molecule has 4 N–H and O–H groups in total. The maximum atomic E-state index is 13.6. The molecule has 7 aromatic rings. The van der Waals surface area contributed by atoms with Crippen molar-refractivity contribution in [2.45, 2.75) is 57.9 Å². The Balaban J connectivity index is 0.752. The third-order valence-electron chi connectivity index (χ3n) is 13.5. The third-order valence-corrected chi connectivity index (χ3v) is 14.5. The van der Waals surface area contributed by atoms with Gasteiger partial charge in [0.2, 0.25) is 17.7 Å². The first-order valence-electron chi connectivity index (χ1n) is 23.3. The van der Waals surface area contributed by atoms with Gasteiger partial charge in [0.15, 0.2) is 10.8 Å². The minimum atomic E-state index is -1.14. The summed E-state index contributed by atoms with van der Waals surface area (Å²) < 4.78 is 9.06. The number of benzene rings is 4. The fourth-order valence-electron chi connectivity index (χ4n) is 9.99. The molecule has 4 amide bonds. The lowest BCUT2D eigenvalue weighted by Gasteiger charge is -2.32. The van der Waals surface area contributed by atoms with Crippen molar-refractivity contribution >= 4 is 78.7 Å². The summed E-state index contributed by atoms with van der Waals surface area (Å²) in [6.45, 7) is 5.20. The van der Waals surface area contributed by atoms with Crippen LogP contribution < -0.4 is 25.6 Å². The molecule has 16 nitrogen and oxygen atoms in total. The first-order chi connectivity index (χ1) is 33.4. The van der Waals surface area contributed by atoms with Crippen LogP contribution in [-0.2, 0) is 34.4 Å². The van der Waals surface area contributed by atoms with Crippen LogP contribution in [-0.4, -0.2) is 92.1 Å². The number of nitrogens with zero attached hydrogens (tertiary/aromatic N) is 6. The molecule has 0 radical (unpaired) electrons. The van der Waals surface area contributed by atoms with Gasteiger partial charge in [-0.25, -0.2) is 14.8 Å².